The Morgan fingerprint density at radius 3 is 2.16 bits per heavy atom. The van der Waals surface area contributed by atoms with Crippen LogP contribution in [-0.4, -0.2) is 17.5 Å². The zero-order chi connectivity index (χ0) is 22.2. The van der Waals surface area contributed by atoms with Gasteiger partial charge in [0.1, 0.15) is 5.82 Å². The number of halogens is 4. The van der Waals surface area contributed by atoms with Crippen LogP contribution in [0.2, 0.25) is 0 Å². The smallest absolute Gasteiger partial charge is 0.313 e. The molecule has 3 aromatic carbocycles. The molecule has 0 aromatic heterocycles. The summed E-state index contributed by atoms with van der Waals surface area (Å²) in [6.45, 7) is 2.38. The van der Waals surface area contributed by atoms with Crippen molar-refractivity contribution in [1.29, 1.82) is 0 Å². The Labute approximate surface area is 177 Å². The summed E-state index contributed by atoms with van der Waals surface area (Å²) in [7, 11) is 0. The summed E-state index contributed by atoms with van der Waals surface area (Å²) < 4.78 is 52.3. The van der Waals surface area contributed by atoms with Crippen molar-refractivity contribution in [3.05, 3.63) is 101 Å². The Morgan fingerprint density at radius 2 is 1.55 bits per heavy atom. The summed E-state index contributed by atoms with van der Waals surface area (Å²) in [4.78, 5) is 14.8. The van der Waals surface area contributed by atoms with E-state index < -0.39 is 29.6 Å². The zero-order valence-corrected chi connectivity index (χ0v) is 16.7. The highest BCUT2D eigenvalue weighted by molar-refractivity contribution is 5.90. The number of carbonyl (C=O) groups excluding carboxylic acids is 1. The molecule has 31 heavy (non-hydrogen) atoms. The van der Waals surface area contributed by atoms with E-state index in [4.69, 9.17) is 0 Å². The minimum atomic E-state index is -4.43. The Bertz CT molecular complexity index is 1080. The largest absolute Gasteiger partial charge is 0.416 e. The number of benzene rings is 3. The molecular weight excluding hydrogens is 408 g/mol. The number of anilines is 1. The third-order valence-electron chi connectivity index (χ3n) is 5.51. The number of amides is 2. The predicted octanol–water partition coefficient (Wildman–Crippen LogP) is 6.59. The van der Waals surface area contributed by atoms with Gasteiger partial charge in [0.05, 0.1) is 11.6 Å². The average Bonchev–Trinajstić information content (AvgIpc) is 2.75. The Kier molecular flexibility index (Phi) is 5.43. The highest BCUT2D eigenvalue weighted by atomic mass is 19.4. The van der Waals surface area contributed by atoms with Crippen molar-refractivity contribution < 1.29 is 22.4 Å². The van der Waals surface area contributed by atoms with Gasteiger partial charge in [-0.2, -0.15) is 13.2 Å². The fourth-order valence-electron chi connectivity index (χ4n) is 4.02. The molecule has 1 N–H and O–H groups in total. The van der Waals surface area contributed by atoms with Crippen LogP contribution in [-0.2, 0) is 6.18 Å². The Hall–Kier alpha value is -3.35. The molecule has 3 aromatic rings. The van der Waals surface area contributed by atoms with Gasteiger partial charge in [0.2, 0.25) is 0 Å². The van der Waals surface area contributed by atoms with Crippen LogP contribution in [0.25, 0.3) is 0 Å². The summed E-state index contributed by atoms with van der Waals surface area (Å²) >= 11 is 0. The second-order valence-corrected chi connectivity index (χ2v) is 7.64. The number of nitrogens with one attached hydrogen (secondary N) is 1. The van der Waals surface area contributed by atoms with Gasteiger partial charge in [-0.1, -0.05) is 43.3 Å². The molecule has 2 amide bonds. The molecule has 0 spiro atoms. The topological polar surface area (TPSA) is 32.3 Å². The summed E-state index contributed by atoms with van der Waals surface area (Å²) in [6.07, 6.45) is -4.43. The summed E-state index contributed by atoms with van der Waals surface area (Å²) in [5, 5.41) is 2.77. The molecule has 0 aliphatic carbocycles. The van der Waals surface area contributed by atoms with E-state index in [9.17, 15) is 22.4 Å². The first kappa shape index (κ1) is 20.9. The Balaban J connectivity index is 1.72. The minimum Gasteiger partial charge on any atom is -0.313 e. The maximum Gasteiger partial charge on any atom is 0.416 e. The van der Waals surface area contributed by atoms with Crippen molar-refractivity contribution in [3.63, 3.8) is 0 Å². The van der Waals surface area contributed by atoms with Crippen LogP contribution in [0.15, 0.2) is 72.8 Å². The molecule has 7 heteroatoms. The monoisotopic (exact) mass is 428 g/mol. The van der Waals surface area contributed by atoms with Gasteiger partial charge >= 0.3 is 12.2 Å². The number of alkyl halides is 3. The first-order valence-corrected chi connectivity index (χ1v) is 9.83. The van der Waals surface area contributed by atoms with Crippen molar-refractivity contribution in [2.24, 2.45) is 0 Å². The molecule has 3 nitrogen and oxygen atoms in total. The van der Waals surface area contributed by atoms with E-state index in [1.54, 1.807) is 4.90 Å². The average molecular weight is 428 g/mol. The fourth-order valence-corrected chi connectivity index (χ4v) is 4.02. The van der Waals surface area contributed by atoms with E-state index in [1.165, 1.54) is 36.4 Å². The third kappa shape index (κ3) is 4.26. The number of rotatable bonds is 2. The number of fused-ring (bicyclic) bond motifs is 1. The van der Waals surface area contributed by atoms with Gasteiger partial charge in [0, 0.05) is 12.2 Å². The van der Waals surface area contributed by atoms with Crippen LogP contribution in [0.5, 0.6) is 0 Å². The lowest BCUT2D eigenvalue weighted by atomic mass is 9.83. The molecule has 0 saturated heterocycles. The highest BCUT2D eigenvalue weighted by Gasteiger charge is 2.36. The van der Waals surface area contributed by atoms with Gasteiger partial charge in [0.25, 0.3) is 0 Å². The van der Waals surface area contributed by atoms with Crippen LogP contribution in [0, 0.1) is 5.82 Å². The lowest BCUT2D eigenvalue weighted by molar-refractivity contribution is -0.137. The van der Waals surface area contributed by atoms with Crippen molar-refractivity contribution in [3.8, 4) is 0 Å². The quantitative estimate of drug-likeness (QED) is 0.459. The van der Waals surface area contributed by atoms with E-state index in [-0.39, 0.29) is 5.92 Å². The predicted molar refractivity (Wildman–Crippen MR) is 110 cm³/mol. The second kappa shape index (κ2) is 8.06. The first-order valence-electron chi connectivity index (χ1n) is 9.83. The lowest BCUT2D eigenvalue weighted by Gasteiger charge is -2.40. The van der Waals surface area contributed by atoms with Gasteiger partial charge in [-0.25, -0.2) is 9.18 Å². The van der Waals surface area contributed by atoms with Gasteiger partial charge in [-0.15, -0.1) is 0 Å². The lowest BCUT2D eigenvalue weighted by Crippen LogP contribution is -2.44. The molecule has 2 atom stereocenters. The SMILES string of the molecule is C[C@@H]1CN(C(=O)Nc2ccc(F)cc2)[C@H](c2ccc(C(F)(F)F)cc2)c2ccccc21. The van der Waals surface area contributed by atoms with Crippen LogP contribution in [0.1, 0.15) is 41.1 Å². The van der Waals surface area contributed by atoms with Crippen LogP contribution >= 0.6 is 0 Å². The van der Waals surface area contributed by atoms with Crippen LogP contribution < -0.4 is 5.32 Å². The molecule has 1 aliphatic rings. The maximum absolute atomic E-state index is 13.2. The number of hydrogen-bond acceptors (Lipinski definition) is 1. The molecule has 1 aliphatic heterocycles. The van der Waals surface area contributed by atoms with Crippen molar-refractivity contribution >= 4 is 11.7 Å². The van der Waals surface area contributed by atoms with Crippen LogP contribution in [0.4, 0.5) is 28.0 Å². The molecule has 0 unspecified atom stereocenters. The molecule has 160 valence electrons. The number of nitrogens with zero attached hydrogens (tertiary/aromatic N) is 1. The van der Waals surface area contributed by atoms with Crippen molar-refractivity contribution in [1.82, 2.24) is 4.90 Å². The van der Waals surface area contributed by atoms with E-state index in [0.717, 1.165) is 23.3 Å². The number of urea groups is 1. The van der Waals surface area contributed by atoms with E-state index >= 15 is 0 Å². The van der Waals surface area contributed by atoms with Crippen LogP contribution in [0.3, 0.4) is 0 Å². The molecule has 0 bridgehead atoms. The van der Waals surface area contributed by atoms with E-state index in [1.807, 2.05) is 31.2 Å². The van der Waals surface area contributed by atoms with Crippen molar-refractivity contribution in [2.75, 3.05) is 11.9 Å². The molecular formula is C24H20F4N2O. The van der Waals surface area contributed by atoms with Gasteiger partial charge in [-0.05, 0) is 59.0 Å². The summed E-state index contributed by atoms with van der Waals surface area (Å²) in [5.41, 5.74) is 2.20. The van der Waals surface area contributed by atoms with Gasteiger partial charge in [0.15, 0.2) is 0 Å². The summed E-state index contributed by atoms with van der Waals surface area (Å²) in [5.74, 6) is -0.373. The molecule has 0 fully saturated rings. The Morgan fingerprint density at radius 1 is 0.935 bits per heavy atom. The zero-order valence-electron chi connectivity index (χ0n) is 16.7. The van der Waals surface area contributed by atoms with Crippen molar-refractivity contribution in [2.45, 2.75) is 25.1 Å². The first-order chi connectivity index (χ1) is 14.7. The second-order valence-electron chi connectivity index (χ2n) is 7.64. The molecule has 4 rings (SSSR count). The minimum absolute atomic E-state index is 0.0425. The molecule has 0 radical (unpaired) electrons. The highest BCUT2D eigenvalue weighted by Crippen LogP contribution is 2.40. The van der Waals surface area contributed by atoms with E-state index in [0.29, 0.717) is 17.8 Å². The fraction of sp³-hybridized carbons (Fsp3) is 0.208. The number of carbonyl (C=O) groups is 1. The standard InChI is InChI=1S/C24H20F4N2O/c1-15-14-30(23(31)29-19-12-10-18(25)11-13-19)22(21-5-3-2-4-20(15)21)16-6-8-17(9-7-16)24(26,27)28/h2-13,15,22H,14H2,1H3,(H,29,31)/t15-,22-/m1/s1. The third-order valence-corrected chi connectivity index (χ3v) is 5.51. The maximum atomic E-state index is 13.2. The normalized spacial score (nSPS) is 18.4. The van der Waals surface area contributed by atoms with Gasteiger partial charge in [-0.3, -0.25) is 0 Å². The van der Waals surface area contributed by atoms with E-state index in [2.05, 4.69) is 5.32 Å². The number of hydrogen-bond donors (Lipinski definition) is 1. The molecule has 0 saturated carbocycles. The molecule has 1 heterocycles. The summed E-state index contributed by atoms with van der Waals surface area (Å²) in [6, 6.07) is 17.0. The van der Waals surface area contributed by atoms with Gasteiger partial charge < -0.3 is 10.2 Å².